The number of esters is 1. The first-order chi connectivity index (χ1) is 15.6. The molecule has 0 fully saturated rings. The van der Waals surface area contributed by atoms with Crippen molar-refractivity contribution in [2.45, 2.75) is 19.5 Å². The van der Waals surface area contributed by atoms with Crippen LogP contribution in [0, 0.1) is 5.92 Å². The van der Waals surface area contributed by atoms with Crippen LogP contribution in [0.25, 0.3) is 0 Å². The summed E-state index contributed by atoms with van der Waals surface area (Å²) < 4.78 is 15.7. The Bertz CT molecular complexity index is 906. The number of ether oxygens (including phenoxy) is 3. The van der Waals surface area contributed by atoms with Crippen molar-refractivity contribution in [1.82, 2.24) is 4.90 Å². The van der Waals surface area contributed by atoms with Gasteiger partial charge in [0.05, 0.1) is 27.2 Å². The number of rotatable bonds is 11. The maximum atomic E-state index is 12.6. The molecule has 0 bridgehead atoms. The molecule has 0 heterocycles. The van der Waals surface area contributed by atoms with E-state index in [4.69, 9.17) is 14.2 Å². The Morgan fingerprint density at radius 1 is 0.719 bits per heavy atom. The first-order valence-corrected chi connectivity index (χ1v) is 10.7. The Morgan fingerprint density at radius 3 is 1.66 bits per heavy atom. The second kappa shape index (κ2) is 11.9. The van der Waals surface area contributed by atoms with Gasteiger partial charge in [0.15, 0.2) is 0 Å². The van der Waals surface area contributed by atoms with Crippen molar-refractivity contribution in [3.05, 3.63) is 95.6 Å². The van der Waals surface area contributed by atoms with Gasteiger partial charge >= 0.3 is 5.97 Å². The summed E-state index contributed by atoms with van der Waals surface area (Å²) in [5, 5.41) is 0. The molecule has 0 spiro atoms. The Labute approximate surface area is 190 Å². The Kier molecular flexibility index (Phi) is 8.70. The second-order valence-electron chi connectivity index (χ2n) is 7.78. The number of hydrogen-bond donors (Lipinski definition) is 0. The highest BCUT2D eigenvalue weighted by Crippen LogP contribution is 2.20. The molecular formula is C27H31NO4. The molecular weight excluding hydrogens is 402 g/mol. The van der Waals surface area contributed by atoms with E-state index in [9.17, 15) is 4.79 Å². The Balaban J connectivity index is 1.81. The lowest BCUT2D eigenvalue weighted by Gasteiger charge is -2.27. The fourth-order valence-electron chi connectivity index (χ4n) is 3.76. The predicted molar refractivity (Wildman–Crippen MR) is 126 cm³/mol. The molecule has 0 aliphatic heterocycles. The molecule has 0 aliphatic carbocycles. The van der Waals surface area contributed by atoms with Crippen molar-refractivity contribution in [2.75, 3.05) is 27.9 Å². The molecule has 3 aromatic carbocycles. The fraction of sp³-hybridized carbons (Fsp3) is 0.296. The summed E-state index contributed by atoms with van der Waals surface area (Å²) in [5.74, 6) is 1.20. The Hall–Kier alpha value is -3.31. The summed E-state index contributed by atoms with van der Waals surface area (Å²) in [5.41, 5.74) is 3.43. The van der Waals surface area contributed by atoms with Crippen LogP contribution in [0.1, 0.15) is 16.7 Å². The van der Waals surface area contributed by atoms with Crippen LogP contribution in [0.15, 0.2) is 78.9 Å². The van der Waals surface area contributed by atoms with Crippen molar-refractivity contribution in [1.29, 1.82) is 0 Å². The number of benzene rings is 3. The first-order valence-electron chi connectivity index (χ1n) is 10.7. The lowest BCUT2D eigenvalue weighted by atomic mass is 9.98. The molecule has 3 rings (SSSR count). The largest absolute Gasteiger partial charge is 0.497 e. The van der Waals surface area contributed by atoms with E-state index in [1.54, 1.807) is 14.2 Å². The van der Waals surface area contributed by atoms with Gasteiger partial charge in [-0.3, -0.25) is 9.69 Å². The van der Waals surface area contributed by atoms with E-state index in [-0.39, 0.29) is 11.9 Å². The van der Waals surface area contributed by atoms with E-state index in [0.717, 1.165) is 28.2 Å². The zero-order valence-electron chi connectivity index (χ0n) is 19.0. The average molecular weight is 434 g/mol. The number of methoxy groups -OCH3 is 3. The van der Waals surface area contributed by atoms with Crippen LogP contribution >= 0.6 is 0 Å². The minimum absolute atomic E-state index is 0.191. The molecule has 168 valence electrons. The van der Waals surface area contributed by atoms with Crippen LogP contribution in [-0.4, -0.2) is 38.7 Å². The molecule has 0 N–H and O–H groups in total. The van der Waals surface area contributed by atoms with Crippen molar-refractivity contribution < 1.29 is 19.0 Å². The average Bonchev–Trinajstić information content (AvgIpc) is 2.84. The quantitative estimate of drug-likeness (QED) is 0.409. The molecule has 0 unspecified atom stereocenters. The smallest absolute Gasteiger partial charge is 0.310 e. The third-order valence-corrected chi connectivity index (χ3v) is 5.47. The van der Waals surface area contributed by atoms with Crippen molar-refractivity contribution in [3.8, 4) is 11.5 Å². The van der Waals surface area contributed by atoms with Crippen LogP contribution in [0.2, 0.25) is 0 Å². The topological polar surface area (TPSA) is 48.0 Å². The van der Waals surface area contributed by atoms with E-state index >= 15 is 0 Å². The van der Waals surface area contributed by atoms with E-state index in [2.05, 4.69) is 29.2 Å². The van der Waals surface area contributed by atoms with Crippen LogP contribution in [-0.2, 0) is 29.0 Å². The standard InChI is InChI=1S/C27H31NO4/c1-30-25-13-9-22(10-14-25)18-28(19-23-11-15-26(31-2)16-12-23)20-24(27(29)32-3)17-21-7-5-4-6-8-21/h4-16,24H,17-20H2,1-3H3/t24-/m0/s1. The van der Waals surface area contributed by atoms with Gasteiger partial charge in [0.25, 0.3) is 0 Å². The van der Waals surface area contributed by atoms with E-state index < -0.39 is 0 Å². The number of hydrogen-bond acceptors (Lipinski definition) is 5. The second-order valence-corrected chi connectivity index (χ2v) is 7.78. The van der Waals surface area contributed by atoms with E-state index in [1.807, 2.05) is 54.6 Å². The highest BCUT2D eigenvalue weighted by Gasteiger charge is 2.23. The molecule has 0 amide bonds. The highest BCUT2D eigenvalue weighted by molar-refractivity contribution is 5.73. The van der Waals surface area contributed by atoms with E-state index in [0.29, 0.717) is 26.1 Å². The molecule has 0 aliphatic rings. The maximum absolute atomic E-state index is 12.6. The molecule has 0 radical (unpaired) electrons. The fourth-order valence-corrected chi connectivity index (χ4v) is 3.76. The zero-order valence-corrected chi connectivity index (χ0v) is 19.0. The maximum Gasteiger partial charge on any atom is 0.310 e. The van der Waals surface area contributed by atoms with Gasteiger partial charge in [0.2, 0.25) is 0 Å². The van der Waals surface area contributed by atoms with Crippen LogP contribution in [0.4, 0.5) is 0 Å². The lowest BCUT2D eigenvalue weighted by molar-refractivity contribution is -0.146. The van der Waals surface area contributed by atoms with Crippen molar-refractivity contribution >= 4 is 5.97 Å². The van der Waals surface area contributed by atoms with Gasteiger partial charge in [-0.1, -0.05) is 54.6 Å². The normalized spacial score (nSPS) is 11.8. The van der Waals surface area contributed by atoms with Crippen LogP contribution in [0.5, 0.6) is 11.5 Å². The van der Waals surface area contributed by atoms with Crippen LogP contribution in [0.3, 0.4) is 0 Å². The van der Waals surface area contributed by atoms with Gasteiger partial charge in [-0.05, 0) is 47.4 Å². The summed E-state index contributed by atoms with van der Waals surface area (Å²) >= 11 is 0. The monoisotopic (exact) mass is 433 g/mol. The number of carbonyl (C=O) groups is 1. The summed E-state index contributed by atoms with van der Waals surface area (Å²) in [6.45, 7) is 2.00. The summed E-state index contributed by atoms with van der Waals surface area (Å²) in [6.07, 6.45) is 0.634. The molecule has 32 heavy (non-hydrogen) atoms. The SMILES string of the molecule is COC(=O)[C@@H](Cc1ccccc1)CN(Cc1ccc(OC)cc1)Cc1ccc(OC)cc1. The first kappa shape index (κ1) is 23.4. The van der Waals surface area contributed by atoms with Gasteiger partial charge in [-0.15, -0.1) is 0 Å². The predicted octanol–water partition coefficient (Wildman–Crippen LogP) is 4.74. The lowest BCUT2D eigenvalue weighted by Crippen LogP contribution is -2.34. The zero-order chi connectivity index (χ0) is 22.8. The highest BCUT2D eigenvalue weighted by atomic mass is 16.5. The molecule has 5 heteroatoms. The third kappa shape index (κ3) is 6.86. The number of carbonyl (C=O) groups excluding carboxylic acids is 1. The van der Waals surface area contributed by atoms with Crippen LogP contribution < -0.4 is 9.47 Å². The minimum Gasteiger partial charge on any atom is -0.497 e. The third-order valence-electron chi connectivity index (χ3n) is 5.47. The molecule has 1 atom stereocenters. The van der Waals surface area contributed by atoms with Gasteiger partial charge in [-0.2, -0.15) is 0 Å². The van der Waals surface area contributed by atoms with Gasteiger partial charge in [0.1, 0.15) is 11.5 Å². The molecule has 0 saturated heterocycles. The van der Waals surface area contributed by atoms with Crippen molar-refractivity contribution in [3.63, 3.8) is 0 Å². The van der Waals surface area contributed by atoms with E-state index in [1.165, 1.54) is 7.11 Å². The van der Waals surface area contributed by atoms with Gasteiger partial charge < -0.3 is 14.2 Å². The Morgan fingerprint density at radius 2 is 1.22 bits per heavy atom. The summed E-state index contributed by atoms with van der Waals surface area (Å²) in [4.78, 5) is 14.9. The molecule has 5 nitrogen and oxygen atoms in total. The molecule has 0 aromatic heterocycles. The van der Waals surface area contributed by atoms with Gasteiger partial charge in [-0.25, -0.2) is 0 Å². The van der Waals surface area contributed by atoms with Crippen molar-refractivity contribution in [2.24, 2.45) is 5.92 Å². The summed E-state index contributed by atoms with van der Waals surface area (Å²) in [7, 11) is 4.78. The number of nitrogens with zero attached hydrogens (tertiary/aromatic N) is 1. The molecule has 3 aromatic rings. The minimum atomic E-state index is -0.265. The molecule has 0 saturated carbocycles. The van der Waals surface area contributed by atoms with Gasteiger partial charge in [0, 0.05) is 19.6 Å². The summed E-state index contributed by atoms with van der Waals surface area (Å²) in [6, 6.07) is 26.2.